The van der Waals surface area contributed by atoms with E-state index in [4.69, 9.17) is 4.74 Å². The highest BCUT2D eigenvalue weighted by atomic mass is 16.5. The third-order valence-corrected chi connectivity index (χ3v) is 5.61. The van der Waals surface area contributed by atoms with E-state index >= 15 is 0 Å². The van der Waals surface area contributed by atoms with Crippen LogP contribution in [-0.2, 0) is 9.59 Å². The first-order valence-electron chi connectivity index (χ1n) is 9.83. The van der Waals surface area contributed by atoms with Gasteiger partial charge in [0.2, 0.25) is 11.8 Å². The van der Waals surface area contributed by atoms with E-state index in [1.165, 1.54) is 4.90 Å². The Hall–Kier alpha value is -3.86. The van der Waals surface area contributed by atoms with Gasteiger partial charge in [0, 0.05) is 29.4 Å². The number of rotatable bonds is 4. The monoisotopic (exact) mass is 396 g/mol. The van der Waals surface area contributed by atoms with Crippen molar-refractivity contribution in [3.8, 4) is 16.9 Å². The van der Waals surface area contributed by atoms with Gasteiger partial charge in [-0.05, 0) is 48.0 Å². The first-order chi connectivity index (χ1) is 14.7. The Labute approximate surface area is 174 Å². The lowest BCUT2D eigenvalue weighted by atomic mass is 9.96. The summed E-state index contributed by atoms with van der Waals surface area (Å²) in [5, 5.41) is 0. The van der Waals surface area contributed by atoms with Gasteiger partial charge in [0.25, 0.3) is 0 Å². The van der Waals surface area contributed by atoms with Gasteiger partial charge in [-0.1, -0.05) is 36.4 Å². The highest BCUT2D eigenvalue weighted by Gasteiger charge is 2.42. The molecular weight excluding hydrogens is 376 g/mol. The van der Waals surface area contributed by atoms with Crippen molar-refractivity contribution in [1.29, 1.82) is 0 Å². The molecule has 0 N–H and O–H groups in total. The number of nitrogens with zero attached hydrogens (tertiary/aromatic N) is 2. The summed E-state index contributed by atoms with van der Waals surface area (Å²) in [4.78, 5) is 27.6. The van der Waals surface area contributed by atoms with E-state index in [0.717, 1.165) is 22.3 Å². The molecule has 2 aromatic heterocycles. The van der Waals surface area contributed by atoms with E-state index in [9.17, 15) is 9.59 Å². The van der Waals surface area contributed by atoms with Crippen molar-refractivity contribution in [3.63, 3.8) is 0 Å². The molecule has 30 heavy (non-hydrogen) atoms. The molecule has 0 unspecified atom stereocenters. The fourth-order valence-corrected chi connectivity index (χ4v) is 4.20. The van der Waals surface area contributed by atoms with Gasteiger partial charge in [-0.2, -0.15) is 0 Å². The molecule has 0 spiro atoms. The second-order valence-electron chi connectivity index (χ2n) is 7.33. The van der Waals surface area contributed by atoms with Gasteiger partial charge in [0.05, 0.1) is 18.7 Å². The third-order valence-electron chi connectivity index (χ3n) is 5.61. The summed E-state index contributed by atoms with van der Waals surface area (Å²) in [6.45, 7) is 0. The number of aromatic nitrogens is 1. The van der Waals surface area contributed by atoms with Crippen LogP contribution in [0, 0.1) is 0 Å². The van der Waals surface area contributed by atoms with E-state index in [2.05, 4.69) is 6.07 Å². The van der Waals surface area contributed by atoms with Gasteiger partial charge in [-0.25, -0.2) is 4.90 Å². The Bertz CT molecular complexity index is 1240. The van der Waals surface area contributed by atoms with Crippen molar-refractivity contribution >= 4 is 23.0 Å². The summed E-state index contributed by atoms with van der Waals surface area (Å²) in [7, 11) is 1.58. The topological polar surface area (TPSA) is 51.0 Å². The number of hydrogen-bond acceptors (Lipinski definition) is 3. The predicted molar refractivity (Wildman–Crippen MR) is 116 cm³/mol. The highest BCUT2D eigenvalue weighted by Crippen LogP contribution is 2.40. The molecule has 1 aliphatic rings. The van der Waals surface area contributed by atoms with Gasteiger partial charge in [0.1, 0.15) is 5.75 Å². The fraction of sp³-hybridized carbons (Fsp3) is 0.120. The maximum Gasteiger partial charge on any atom is 0.243 e. The molecule has 1 atom stereocenters. The highest BCUT2D eigenvalue weighted by molar-refractivity contribution is 6.23. The number of hydrogen-bond donors (Lipinski definition) is 0. The van der Waals surface area contributed by atoms with Crippen molar-refractivity contribution in [2.45, 2.75) is 12.3 Å². The van der Waals surface area contributed by atoms with Gasteiger partial charge < -0.3 is 9.14 Å². The molecule has 2 amide bonds. The largest absolute Gasteiger partial charge is 0.497 e. The van der Waals surface area contributed by atoms with E-state index < -0.39 is 5.92 Å². The number of imide groups is 1. The van der Waals surface area contributed by atoms with Gasteiger partial charge >= 0.3 is 0 Å². The molecule has 3 heterocycles. The van der Waals surface area contributed by atoms with Crippen LogP contribution in [0.3, 0.4) is 0 Å². The summed E-state index contributed by atoms with van der Waals surface area (Å²) >= 11 is 0. The number of anilines is 1. The molecule has 5 nitrogen and oxygen atoms in total. The molecule has 4 aromatic rings. The normalized spacial score (nSPS) is 16.4. The van der Waals surface area contributed by atoms with Crippen LogP contribution in [0.5, 0.6) is 5.75 Å². The molecule has 0 radical (unpaired) electrons. The maximum atomic E-state index is 13.5. The number of amides is 2. The minimum atomic E-state index is -0.542. The number of carbonyl (C=O) groups excluding carboxylic acids is 2. The molecular formula is C25H20N2O3. The lowest BCUT2D eigenvalue weighted by Gasteiger charge is -2.16. The molecule has 0 bridgehead atoms. The van der Waals surface area contributed by atoms with Crippen LogP contribution < -0.4 is 9.64 Å². The van der Waals surface area contributed by atoms with Crippen LogP contribution in [-0.4, -0.2) is 23.3 Å². The lowest BCUT2D eigenvalue weighted by Crippen LogP contribution is -2.30. The summed E-state index contributed by atoms with van der Waals surface area (Å²) in [6, 6.07) is 25.0. The summed E-state index contributed by atoms with van der Waals surface area (Å²) in [5.41, 5.74) is 4.42. The Kier molecular flexibility index (Phi) is 4.36. The average Bonchev–Trinajstić information content (AvgIpc) is 3.31. The summed E-state index contributed by atoms with van der Waals surface area (Å²) < 4.78 is 7.21. The van der Waals surface area contributed by atoms with Crippen LogP contribution in [0.25, 0.3) is 16.6 Å². The molecule has 148 valence electrons. The van der Waals surface area contributed by atoms with Crippen molar-refractivity contribution in [2.75, 3.05) is 12.0 Å². The molecule has 0 saturated carbocycles. The Morgan fingerprint density at radius 3 is 2.37 bits per heavy atom. The molecule has 5 rings (SSSR count). The SMILES string of the molecule is COc1ccc(N2C(=O)C[C@H](c3c(-c4ccccc4)cc4ccccn34)C2=O)cc1. The second-order valence-corrected chi connectivity index (χ2v) is 7.33. The third kappa shape index (κ3) is 2.87. The number of methoxy groups -OCH3 is 1. The van der Waals surface area contributed by atoms with Gasteiger partial charge in [0.15, 0.2) is 0 Å². The number of carbonyl (C=O) groups is 2. The number of fused-ring (bicyclic) bond motifs is 1. The first kappa shape index (κ1) is 18.2. The van der Waals surface area contributed by atoms with Crippen molar-refractivity contribution in [1.82, 2.24) is 4.40 Å². The Balaban J connectivity index is 1.62. The van der Waals surface area contributed by atoms with E-state index in [0.29, 0.717) is 11.4 Å². The van der Waals surface area contributed by atoms with E-state index in [1.54, 1.807) is 31.4 Å². The van der Waals surface area contributed by atoms with Crippen molar-refractivity contribution in [2.24, 2.45) is 0 Å². The molecule has 2 aromatic carbocycles. The number of pyridine rings is 1. The van der Waals surface area contributed by atoms with Crippen LogP contribution in [0.4, 0.5) is 5.69 Å². The number of benzene rings is 2. The maximum absolute atomic E-state index is 13.5. The molecule has 5 heteroatoms. The van der Waals surface area contributed by atoms with Crippen LogP contribution in [0.2, 0.25) is 0 Å². The standard InChI is InChI=1S/C25H20N2O3/c1-30-20-12-10-18(11-13-20)27-23(28)16-22(25(27)29)24-21(17-7-3-2-4-8-17)15-19-9-5-6-14-26(19)24/h2-15,22H,16H2,1H3/t22-/m1/s1. The van der Waals surface area contributed by atoms with Crippen molar-refractivity contribution in [3.05, 3.63) is 90.8 Å². The molecule has 1 aliphatic heterocycles. The molecule has 1 fully saturated rings. The van der Waals surface area contributed by atoms with Crippen LogP contribution in [0.15, 0.2) is 85.1 Å². The van der Waals surface area contributed by atoms with E-state index in [1.807, 2.05) is 59.1 Å². The van der Waals surface area contributed by atoms with Crippen molar-refractivity contribution < 1.29 is 14.3 Å². The smallest absolute Gasteiger partial charge is 0.243 e. The molecule has 1 saturated heterocycles. The zero-order valence-corrected chi connectivity index (χ0v) is 16.5. The second kappa shape index (κ2) is 7.19. The van der Waals surface area contributed by atoms with Crippen LogP contribution >= 0.6 is 0 Å². The lowest BCUT2D eigenvalue weighted by molar-refractivity contribution is -0.121. The quantitative estimate of drug-likeness (QED) is 0.472. The fourth-order valence-electron chi connectivity index (χ4n) is 4.20. The van der Waals surface area contributed by atoms with Crippen LogP contribution in [0.1, 0.15) is 18.0 Å². The predicted octanol–water partition coefficient (Wildman–Crippen LogP) is 4.66. The minimum absolute atomic E-state index is 0.145. The van der Waals surface area contributed by atoms with Gasteiger partial charge in [-0.3, -0.25) is 9.59 Å². The molecule has 0 aliphatic carbocycles. The Morgan fingerprint density at radius 2 is 1.63 bits per heavy atom. The zero-order valence-electron chi connectivity index (χ0n) is 16.5. The minimum Gasteiger partial charge on any atom is -0.497 e. The van der Waals surface area contributed by atoms with E-state index in [-0.39, 0.29) is 18.2 Å². The van der Waals surface area contributed by atoms with Gasteiger partial charge in [-0.15, -0.1) is 0 Å². The number of ether oxygens (including phenoxy) is 1. The summed E-state index contributed by atoms with van der Waals surface area (Å²) in [6.07, 6.45) is 2.09. The average molecular weight is 396 g/mol. The zero-order chi connectivity index (χ0) is 20.7. The first-order valence-corrected chi connectivity index (χ1v) is 9.83. The summed E-state index contributed by atoms with van der Waals surface area (Å²) in [5.74, 6) is -0.260. The Morgan fingerprint density at radius 1 is 0.900 bits per heavy atom.